The van der Waals surface area contributed by atoms with E-state index in [1.807, 2.05) is 25.1 Å². The van der Waals surface area contributed by atoms with E-state index in [4.69, 9.17) is 4.74 Å². The van der Waals surface area contributed by atoms with Crippen molar-refractivity contribution in [1.82, 2.24) is 4.98 Å². The minimum absolute atomic E-state index is 0.467. The molecule has 1 saturated carbocycles. The first kappa shape index (κ1) is 12.2. The van der Waals surface area contributed by atoms with Gasteiger partial charge in [0.15, 0.2) is 0 Å². The van der Waals surface area contributed by atoms with Crippen LogP contribution in [0.15, 0.2) is 18.2 Å². The first-order chi connectivity index (χ1) is 8.09. The molecule has 0 saturated heterocycles. The summed E-state index contributed by atoms with van der Waals surface area (Å²) in [5.41, 5.74) is 0.467. The van der Waals surface area contributed by atoms with Gasteiger partial charge in [0.25, 0.3) is 0 Å². The highest BCUT2D eigenvalue weighted by Crippen LogP contribution is 2.38. The number of anilines is 1. The molecule has 1 aliphatic rings. The predicted octanol–water partition coefficient (Wildman–Crippen LogP) is 3.47. The lowest BCUT2D eigenvalue weighted by molar-refractivity contribution is 0.327. The number of aromatic nitrogens is 1. The molecule has 1 aliphatic carbocycles. The van der Waals surface area contributed by atoms with Gasteiger partial charge in [0.1, 0.15) is 5.82 Å². The van der Waals surface area contributed by atoms with Crippen molar-refractivity contribution in [3.8, 4) is 5.88 Å². The van der Waals surface area contributed by atoms with E-state index in [1.165, 1.54) is 19.3 Å². The molecular formula is C14H22N2O. The van der Waals surface area contributed by atoms with Crippen LogP contribution in [0.5, 0.6) is 5.88 Å². The SMILES string of the molecule is CCOc1cccc(NC2CCC(C)(C)C2)n1. The highest BCUT2D eigenvalue weighted by molar-refractivity contribution is 5.38. The summed E-state index contributed by atoms with van der Waals surface area (Å²) in [5, 5.41) is 3.50. The lowest BCUT2D eigenvalue weighted by Gasteiger charge is -2.18. The molecule has 0 amide bonds. The number of nitrogens with zero attached hydrogens (tertiary/aromatic N) is 1. The van der Waals surface area contributed by atoms with Gasteiger partial charge in [-0.05, 0) is 37.7 Å². The predicted molar refractivity (Wildman–Crippen MR) is 70.4 cm³/mol. The van der Waals surface area contributed by atoms with Crippen molar-refractivity contribution in [3.63, 3.8) is 0 Å². The molecule has 0 aliphatic heterocycles. The number of nitrogens with one attached hydrogen (secondary N) is 1. The Bertz CT molecular complexity index is 376. The van der Waals surface area contributed by atoms with E-state index in [0.29, 0.717) is 23.9 Å². The second kappa shape index (κ2) is 4.94. The summed E-state index contributed by atoms with van der Waals surface area (Å²) in [5.74, 6) is 1.63. The Kier molecular flexibility index (Phi) is 3.55. The smallest absolute Gasteiger partial charge is 0.215 e. The first-order valence-electron chi connectivity index (χ1n) is 6.45. The summed E-state index contributed by atoms with van der Waals surface area (Å²) in [6.07, 6.45) is 3.73. The fraction of sp³-hybridized carbons (Fsp3) is 0.643. The maximum atomic E-state index is 5.40. The molecule has 0 radical (unpaired) electrons. The third-order valence-electron chi connectivity index (χ3n) is 3.34. The molecule has 1 fully saturated rings. The van der Waals surface area contributed by atoms with Gasteiger partial charge in [-0.15, -0.1) is 0 Å². The summed E-state index contributed by atoms with van der Waals surface area (Å²) < 4.78 is 5.40. The lowest BCUT2D eigenvalue weighted by Crippen LogP contribution is -2.18. The molecule has 1 aromatic heterocycles. The van der Waals surface area contributed by atoms with Crippen molar-refractivity contribution in [2.75, 3.05) is 11.9 Å². The van der Waals surface area contributed by atoms with Crippen LogP contribution < -0.4 is 10.1 Å². The zero-order chi connectivity index (χ0) is 12.3. The van der Waals surface area contributed by atoms with Crippen LogP contribution in [0.2, 0.25) is 0 Å². The molecule has 1 unspecified atom stereocenters. The van der Waals surface area contributed by atoms with E-state index < -0.39 is 0 Å². The Balaban J connectivity index is 1.97. The average molecular weight is 234 g/mol. The van der Waals surface area contributed by atoms with E-state index >= 15 is 0 Å². The standard InChI is InChI=1S/C14H22N2O/c1-4-17-13-7-5-6-12(16-13)15-11-8-9-14(2,3)10-11/h5-7,11H,4,8-10H2,1-3H3,(H,15,16). The normalized spacial score (nSPS) is 22.4. The van der Waals surface area contributed by atoms with Gasteiger partial charge in [0, 0.05) is 12.1 Å². The topological polar surface area (TPSA) is 34.1 Å². The second-order valence-corrected chi connectivity index (χ2v) is 5.54. The van der Waals surface area contributed by atoms with E-state index in [0.717, 1.165) is 5.82 Å². The average Bonchev–Trinajstić information content (AvgIpc) is 2.59. The fourth-order valence-corrected chi connectivity index (χ4v) is 2.49. The Morgan fingerprint density at radius 2 is 2.29 bits per heavy atom. The van der Waals surface area contributed by atoms with Crippen LogP contribution in [0.1, 0.15) is 40.0 Å². The van der Waals surface area contributed by atoms with E-state index in [2.05, 4.69) is 24.1 Å². The summed E-state index contributed by atoms with van der Waals surface area (Å²) in [4.78, 5) is 4.44. The van der Waals surface area contributed by atoms with Crippen LogP contribution in [0, 0.1) is 5.41 Å². The van der Waals surface area contributed by atoms with Gasteiger partial charge in [0.2, 0.25) is 5.88 Å². The van der Waals surface area contributed by atoms with E-state index in [-0.39, 0.29) is 0 Å². The number of rotatable bonds is 4. The first-order valence-corrected chi connectivity index (χ1v) is 6.45. The van der Waals surface area contributed by atoms with Crippen molar-refractivity contribution < 1.29 is 4.74 Å². The summed E-state index contributed by atoms with van der Waals surface area (Å²) in [7, 11) is 0. The van der Waals surface area contributed by atoms with Gasteiger partial charge in [-0.3, -0.25) is 0 Å². The number of ether oxygens (including phenoxy) is 1. The van der Waals surface area contributed by atoms with Crippen molar-refractivity contribution in [3.05, 3.63) is 18.2 Å². The maximum Gasteiger partial charge on any atom is 0.215 e. The molecule has 1 aromatic rings. The van der Waals surface area contributed by atoms with Crippen LogP contribution in [-0.4, -0.2) is 17.6 Å². The highest BCUT2D eigenvalue weighted by atomic mass is 16.5. The monoisotopic (exact) mass is 234 g/mol. The third kappa shape index (κ3) is 3.35. The minimum atomic E-state index is 0.467. The van der Waals surface area contributed by atoms with Gasteiger partial charge >= 0.3 is 0 Å². The molecule has 94 valence electrons. The van der Waals surface area contributed by atoms with Gasteiger partial charge < -0.3 is 10.1 Å². The second-order valence-electron chi connectivity index (χ2n) is 5.54. The molecule has 3 nitrogen and oxygen atoms in total. The number of hydrogen-bond acceptors (Lipinski definition) is 3. The summed E-state index contributed by atoms with van der Waals surface area (Å²) in [6, 6.07) is 6.44. The summed E-state index contributed by atoms with van der Waals surface area (Å²) in [6.45, 7) is 7.30. The lowest BCUT2D eigenvalue weighted by atomic mass is 9.92. The van der Waals surface area contributed by atoms with Crippen LogP contribution in [-0.2, 0) is 0 Å². The van der Waals surface area contributed by atoms with Crippen LogP contribution in [0.25, 0.3) is 0 Å². The van der Waals surface area contributed by atoms with E-state index in [1.54, 1.807) is 0 Å². The highest BCUT2D eigenvalue weighted by Gasteiger charge is 2.30. The Hall–Kier alpha value is -1.25. The van der Waals surface area contributed by atoms with Crippen LogP contribution in [0.3, 0.4) is 0 Å². The van der Waals surface area contributed by atoms with Crippen LogP contribution in [0.4, 0.5) is 5.82 Å². The molecule has 17 heavy (non-hydrogen) atoms. The molecule has 0 aromatic carbocycles. The molecule has 1 N–H and O–H groups in total. The third-order valence-corrected chi connectivity index (χ3v) is 3.34. The zero-order valence-corrected chi connectivity index (χ0v) is 11.0. The Morgan fingerprint density at radius 3 is 2.94 bits per heavy atom. The largest absolute Gasteiger partial charge is 0.478 e. The molecule has 3 heteroatoms. The van der Waals surface area contributed by atoms with Gasteiger partial charge in [0.05, 0.1) is 6.61 Å². The minimum Gasteiger partial charge on any atom is -0.478 e. The molecule has 1 heterocycles. The zero-order valence-electron chi connectivity index (χ0n) is 11.0. The molecular weight excluding hydrogens is 212 g/mol. The molecule has 0 bridgehead atoms. The summed E-state index contributed by atoms with van der Waals surface area (Å²) >= 11 is 0. The van der Waals surface area contributed by atoms with E-state index in [9.17, 15) is 0 Å². The Morgan fingerprint density at radius 1 is 1.47 bits per heavy atom. The molecule has 0 spiro atoms. The van der Waals surface area contributed by atoms with Gasteiger partial charge in [-0.2, -0.15) is 4.98 Å². The maximum absolute atomic E-state index is 5.40. The fourth-order valence-electron chi connectivity index (χ4n) is 2.49. The number of hydrogen-bond donors (Lipinski definition) is 1. The van der Waals surface area contributed by atoms with Crippen molar-refractivity contribution >= 4 is 5.82 Å². The Labute approximate surface area is 104 Å². The van der Waals surface area contributed by atoms with Gasteiger partial charge in [-0.1, -0.05) is 19.9 Å². The quantitative estimate of drug-likeness (QED) is 0.866. The van der Waals surface area contributed by atoms with Crippen molar-refractivity contribution in [1.29, 1.82) is 0 Å². The van der Waals surface area contributed by atoms with Crippen molar-refractivity contribution in [2.24, 2.45) is 5.41 Å². The van der Waals surface area contributed by atoms with Crippen molar-refractivity contribution in [2.45, 2.75) is 46.1 Å². The van der Waals surface area contributed by atoms with Crippen LogP contribution >= 0.6 is 0 Å². The van der Waals surface area contributed by atoms with Gasteiger partial charge in [-0.25, -0.2) is 0 Å². The number of pyridine rings is 1. The molecule has 2 rings (SSSR count). The molecule has 1 atom stereocenters.